The van der Waals surface area contributed by atoms with Crippen LogP contribution in [0.25, 0.3) is 0 Å². The Balaban J connectivity index is 3.45. The van der Waals surface area contributed by atoms with Crippen molar-refractivity contribution in [2.24, 2.45) is 0 Å². The van der Waals surface area contributed by atoms with E-state index in [1.54, 1.807) is 0 Å². The van der Waals surface area contributed by atoms with Crippen molar-refractivity contribution in [1.82, 2.24) is 4.98 Å². The van der Waals surface area contributed by atoms with Gasteiger partial charge in [0.15, 0.2) is 5.82 Å². The van der Waals surface area contributed by atoms with Crippen LogP contribution < -0.4 is 0 Å². The number of pyridine rings is 1. The van der Waals surface area contributed by atoms with Gasteiger partial charge in [-0.25, -0.2) is 13.2 Å². The third-order valence-electron chi connectivity index (χ3n) is 1.41. The topological polar surface area (TPSA) is 30.0 Å². The highest BCUT2D eigenvalue weighted by molar-refractivity contribution is 9.10. The lowest BCUT2D eigenvalue weighted by molar-refractivity contribution is 0.105. The van der Waals surface area contributed by atoms with Crippen LogP contribution in [0.15, 0.2) is 10.7 Å². The van der Waals surface area contributed by atoms with Crippen molar-refractivity contribution in [3.05, 3.63) is 27.7 Å². The fraction of sp³-hybridized carbons (Fsp3) is 0.143. The van der Waals surface area contributed by atoms with Gasteiger partial charge in [0.25, 0.3) is 11.7 Å². The fourth-order valence-electron chi connectivity index (χ4n) is 0.832. The maximum atomic E-state index is 13.1. The van der Waals surface area contributed by atoms with Gasteiger partial charge in [-0.2, -0.15) is 0 Å². The number of halogens is 5. The van der Waals surface area contributed by atoms with E-state index in [0.717, 1.165) is 6.20 Å². The van der Waals surface area contributed by atoms with Gasteiger partial charge < -0.3 is 0 Å². The number of aromatic nitrogens is 1. The van der Waals surface area contributed by atoms with Crippen LogP contribution in [0.1, 0.15) is 22.5 Å². The largest absolute Gasteiger partial charge is 0.281 e. The zero-order valence-electron chi connectivity index (χ0n) is 6.40. The highest BCUT2D eigenvalue weighted by atomic mass is 79.9. The molecule has 0 aliphatic heterocycles. The highest BCUT2D eigenvalue weighted by Crippen LogP contribution is 2.27. The number of nitrogens with zero attached hydrogens (tertiary/aromatic N) is 1. The molecule has 0 saturated heterocycles. The molecule has 0 N–H and O–H groups in total. The Kier molecular flexibility index (Phi) is 3.49. The molecular formula is C7H2BrClF3NO. The lowest BCUT2D eigenvalue weighted by Crippen LogP contribution is -2.05. The van der Waals surface area contributed by atoms with Gasteiger partial charge in [0.1, 0.15) is 5.69 Å². The molecule has 0 unspecified atom stereocenters. The molecule has 0 spiro atoms. The number of hydrogen-bond acceptors (Lipinski definition) is 2. The first-order valence-electron chi connectivity index (χ1n) is 3.27. The molecule has 76 valence electrons. The zero-order chi connectivity index (χ0) is 10.9. The minimum atomic E-state index is -3.05. The molecule has 1 aromatic heterocycles. The van der Waals surface area contributed by atoms with Gasteiger partial charge in [0.05, 0.1) is 10.0 Å². The maximum absolute atomic E-state index is 13.1. The van der Waals surface area contributed by atoms with Crippen LogP contribution >= 0.6 is 27.5 Å². The Morgan fingerprint density at radius 1 is 1.57 bits per heavy atom. The van der Waals surface area contributed by atoms with E-state index in [-0.39, 0.29) is 4.47 Å². The van der Waals surface area contributed by atoms with E-state index in [2.05, 4.69) is 20.9 Å². The van der Waals surface area contributed by atoms with Crippen molar-refractivity contribution >= 4 is 32.8 Å². The molecule has 7 heteroatoms. The Morgan fingerprint density at radius 3 is 2.57 bits per heavy atom. The number of carbonyl (C=O) groups excluding carboxylic acids is 1. The highest BCUT2D eigenvalue weighted by Gasteiger charge is 2.24. The fourth-order valence-corrected chi connectivity index (χ4v) is 1.31. The smallest absolute Gasteiger partial charge is 0.275 e. The summed E-state index contributed by atoms with van der Waals surface area (Å²) in [5.41, 5.74) is -1.85. The second kappa shape index (κ2) is 4.27. The molecule has 14 heavy (non-hydrogen) atoms. The quantitative estimate of drug-likeness (QED) is 0.782. The third-order valence-corrected chi connectivity index (χ3v) is 2.15. The van der Waals surface area contributed by atoms with Crippen LogP contribution in [0.3, 0.4) is 0 Å². The monoisotopic (exact) mass is 287 g/mol. The summed E-state index contributed by atoms with van der Waals surface area (Å²) < 4.78 is 37.4. The summed E-state index contributed by atoms with van der Waals surface area (Å²) in [5.74, 6) is -1.13. The molecular weight excluding hydrogens is 286 g/mol. The molecule has 0 aromatic carbocycles. The van der Waals surface area contributed by atoms with Crippen molar-refractivity contribution in [2.45, 2.75) is 6.43 Å². The van der Waals surface area contributed by atoms with Gasteiger partial charge in [0, 0.05) is 6.20 Å². The van der Waals surface area contributed by atoms with E-state index < -0.39 is 28.7 Å². The van der Waals surface area contributed by atoms with E-state index >= 15 is 0 Å². The summed E-state index contributed by atoms with van der Waals surface area (Å²) in [6.07, 6.45) is -2.20. The van der Waals surface area contributed by atoms with Crippen LogP contribution in [-0.2, 0) is 0 Å². The standard InChI is InChI=1S/C7H2BrClF3NO/c8-2-1-13-5(7(11)12)3(4(2)10)6(9)14/h1,7H. The second-order valence-corrected chi connectivity index (χ2v) is 3.45. The first-order valence-corrected chi connectivity index (χ1v) is 4.44. The van der Waals surface area contributed by atoms with Crippen molar-refractivity contribution < 1.29 is 18.0 Å². The van der Waals surface area contributed by atoms with Crippen LogP contribution in [0.2, 0.25) is 0 Å². The summed E-state index contributed by atoms with van der Waals surface area (Å²) >= 11 is 7.66. The lowest BCUT2D eigenvalue weighted by Gasteiger charge is -2.05. The van der Waals surface area contributed by atoms with Gasteiger partial charge >= 0.3 is 0 Å². The molecule has 0 aliphatic carbocycles. The van der Waals surface area contributed by atoms with Crippen LogP contribution in [0, 0.1) is 5.82 Å². The Bertz CT molecular complexity index is 385. The average Bonchev–Trinajstić information content (AvgIpc) is 2.08. The van der Waals surface area contributed by atoms with Crippen LogP contribution in [-0.4, -0.2) is 10.2 Å². The SMILES string of the molecule is O=C(Cl)c1c(C(F)F)ncc(Br)c1F. The van der Waals surface area contributed by atoms with Gasteiger partial charge in [-0.15, -0.1) is 0 Å². The average molecular weight is 288 g/mol. The zero-order valence-corrected chi connectivity index (χ0v) is 8.74. The number of rotatable bonds is 2. The molecule has 0 radical (unpaired) electrons. The van der Waals surface area contributed by atoms with Gasteiger partial charge in [-0.3, -0.25) is 9.78 Å². The Morgan fingerprint density at radius 2 is 2.14 bits per heavy atom. The first kappa shape index (κ1) is 11.5. The summed E-state index contributed by atoms with van der Waals surface area (Å²) in [6.45, 7) is 0. The Hall–Kier alpha value is -0.620. The molecule has 0 saturated carbocycles. The summed E-state index contributed by atoms with van der Waals surface area (Å²) in [7, 11) is 0. The molecule has 0 fully saturated rings. The number of hydrogen-bond donors (Lipinski definition) is 0. The molecule has 0 amide bonds. The van der Waals surface area contributed by atoms with Gasteiger partial charge in [-0.1, -0.05) is 0 Å². The van der Waals surface area contributed by atoms with E-state index in [9.17, 15) is 18.0 Å². The molecule has 2 nitrogen and oxygen atoms in total. The molecule has 1 rings (SSSR count). The molecule has 0 bridgehead atoms. The summed E-state index contributed by atoms with van der Waals surface area (Å²) in [6, 6.07) is 0. The molecule has 0 aliphatic rings. The predicted molar refractivity (Wildman–Crippen MR) is 47.0 cm³/mol. The van der Waals surface area contributed by atoms with E-state index in [0.29, 0.717) is 0 Å². The second-order valence-electron chi connectivity index (χ2n) is 2.25. The minimum absolute atomic E-state index is 0.189. The Labute approximate surface area is 90.2 Å². The molecule has 1 aromatic rings. The van der Waals surface area contributed by atoms with Gasteiger partial charge in [-0.05, 0) is 27.5 Å². The normalized spacial score (nSPS) is 10.7. The maximum Gasteiger partial charge on any atom is 0.281 e. The molecule has 0 atom stereocenters. The van der Waals surface area contributed by atoms with Gasteiger partial charge in [0.2, 0.25) is 0 Å². The van der Waals surface area contributed by atoms with Crippen LogP contribution in [0.5, 0.6) is 0 Å². The van der Waals surface area contributed by atoms with Crippen molar-refractivity contribution in [2.75, 3.05) is 0 Å². The van der Waals surface area contributed by atoms with E-state index in [1.807, 2.05) is 0 Å². The van der Waals surface area contributed by atoms with Crippen molar-refractivity contribution in [3.63, 3.8) is 0 Å². The predicted octanol–water partition coefficient (Wildman–Crippen LogP) is 3.30. The number of alkyl halides is 2. The van der Waals surface area contributed by atoms with Crippen LogP contribution in [0.4, 0.5) is 13.2 Å². The third kappa shape index (κ3) is 2.06. The summed E-state index contributed by atoms with van der Waals surface area (Å²) in [5, 5.41) is -1.30. The lowest BCUT2D eigenvalue weighted by atomic mass is 10.2. The summed E-state index contributed by atoms with van der Waals surface area (Å²) in [4.78, 5) is 13.9. The van der Waals surface area contributed by atoms with Crippen molar-refractivity contribution in [3.8, 4) is 0 Å². The van der Waals surface area contributed by atoms with Crippen molar-refractivity contribution in [1.29, 1.82) is 0 Å². The number of carbonyl (C=O) groups is 1. The molecule has 1 heterocycles. The minimum Gasteiger partial charge on any atom is -0.275 e. The first-order chi connectivity index (χ1) is 6.45. The van der Waals surface area contributed by atoms with E-state index in [4.69, 9.17) is 11.6 Å². The van der Waals surface area contributed by atoms with E-state index in [1.165, 1.54) is 0 Å².